The van der Waals surface area contributed by atoms with E-state index in [1.54, 1.807) is 24.1 Å². The molecule has 2 aromatic rings. The van der Waals surface area contributed by atoms with Gasteiger partial charge < -0.3 is 9.47 Å². The second-order valence-corrected chi connectivity index (χ2v) is 8.38. The molecule has 1 aliphatic rings. The van der Waals surface area contributed by atoms with Crippen LogP contribution >= 0.6 is 0 Å². The number of Topliss-reactive ketones (excluding diaryl/α,β-unsaturated/α-hetero) is 1. The molecule has 10 heteroatoms. The van der Waals surface area contributed by atoms with Crippen LogP contribution in [0.4, 0.5) is 18.0 Å². The Bertz CT molecular complexity index is 1060. The fraction of sp³-hybridized carbons (Fsp3) is 0.423. The molecular weight excluding hydrogens is 477 g/mol. The van der Waals surface area contributed by atoms with Gasteiger partial charge in [0, 0.05) is 25.9 Å². The lowest BCUT2D eigenvalue weighted by atomic mass is 10.0. The summed E-state index contributed by atoms with van der Waals surface area (Å²) in [6.07, 6.45) is -3.68. The van der Waals surface area contributed by atoms with Gasteiger partial charge in [-0.25, -0.2) is 19.6 Å². The van der Waals surface area contributed by atoms with E-state index < -0.39 is 17.8 Å². The molecule has 1 amide bonds. The molecule has 3 rings (SSSR count). The number of ketones is 1. The Morgan fingerprint density at radius 1 is 1.06 bits per heavy atom. The molecule has 0 spiro atoms. The van der Waals surface area contributed by atoms with Gasteiger partial charge in [0.05, 0.1) is 24.3 Å². The molecule has 1 heterocycles. The number of carbonyl (C=O) groups is 3. The Morgan fingerprint density at radius 2 is 1.81 bits per heavy atom. The quantitative estimate of drug-likeness (QED) is 0.412. The van der Waals surface area contributed by atoms with Crippen LogP contribution in [0.3, 0.4) is 0 Å². The number of hydrazine groups is 1. The maximum absolute atomic E-state index is 12.9. The van der Waals surface area contributed by atoms with Crippen molar-refractivity contribution in [2.24, 2.45) is 0 Å². The molecule has 36 heavy (non-hydrogen) atoms. The minimum absolute atomic E-state index is 0.0926. The Balaban J connectivity index is 1.49. The molecule has 0 unspecified atom stereocenters. The third-order valence-electron chi connectivity index (χ3n) is 5.73. The second-order valence-electron chi connectivity index (χ2n) is 8.38. The molecule has 194 valence electrons. The lowest BCUT2D eigenvalue weighted by Gasteiger charge is -2.37. The number of halogens is 3. The highest BCUT2D eigenvalue weighted by Gasteiger charge is 2.31. The second kappa shape index (κ2) is 12.5. The van der Waals surface area contributed by atoms with Crippen molar-refractivity contribution in [3.05, 3.63) is 70.8 Å². The third-order valence-corrected chi connectivity index (χ3v) is 5.73. The van der Waals surface area contributed by atoms with Gasteiger partial charge in [0.25, 0.3) is 0 Å². The summed E-state index contributed by atoms with van der Waals surface area (Å²) in [5, 5.41) is 3.22. The lowest BCUT2D eigenvalue weighted by Crippen LogP contribution is -2.53. The van der Waals surface area contributed by atoms with Crippen LogP contribution in [0.5, 0.6) is 0 Å². The van der Waals surface area contributed by atoms with Crippen molar-refractivity contribution in [2.45, 2.75) is 38.8 Å². The molecule has 0 atom stereocenters. The molecule has 0 aliphatic carbocycles. The molecule has 0 saturated carbocycles. The van der Waals surface area contributed by atoms with Gasteiger partial charge in [-0.3, -0.25) is 4.79 Å². The van der Waals surface area contributed by atoms with E-state index in [9.17, 15) is 27.6 Å². The number of cyclic esters (lactones) is 1. The average Bonchev–Trinajstić information content (AvgIpc) is 2.84. The van der Waals surface area contributed by atoms with Crippen molar-refractivity contribution in [1.29, 1.82) is 0 Å². The zero-order valence-corrected chi connectivity index (χ0v) is 20.1. The first-order valence-corrected chi connectivity index (χ1v) is 11.8. The van der Waals surface area contributed by atoms with Crippen LogP contribution in [0, 0.1) is 0 Å². The zero-order valence-electron chi connectivity index (χ0n) is 20.1. The van der Waals surface area contributed by atoms with Crippen molar-refractivity contribution in [1.82, 2.24) is 10.0 Å². The molecule has 0 radical (unpaired) electrons. The predicted octanol–water partition coefficient (Wildman–Crippen LogP) is 4.69. The SMILES string of the molecule is CCOC(=O)c1ccc(CCCN2C(=O)OCCN2CCC(=O)Cc2cccc(C(F)(F)F)c2)cc1. The number of nitrogens with zero attached hydrogens (tertiary/aromatic N) is 2. The van der Waals surface area contributed by atoms with Crippen LogP contribution in [-0.2, 0) is 33.3 Å². The van der Waals surface area contributed by atoms with Gasteiger partial charge in [0.1, 0.15) is 12.4 Å². The summed E-state index contributed by atoms with van der Waals surface area (Å²) in [4.78, 5) is 36.5. The number of carbonyl (C=O) groups excluding carboxylic acids is 3. The average molecular weight is 507 g/mol. The van der Waals surface area contributed by atoms with Crippen LogP contribution in [-0.4, -0.2) is 60.7 Å². The Kier molecular flexibility index (Phi) is 9.46. The minimum Gasteiger partial charge on any atom is -0.462 e. The van der Waals surface area contributed by atoms with Crippen molar-refractivity contribution < 1.29 is 37.0 Å². The highest BCUT2D eigenvalue weighted by Crippen LogP contribution is 2.29. The number of hydrogen-bond acceptors (Lipinski definition) is 6. The minimum atomic E-state index is -4.46. The normalized spacial score (nSPS) is 14.4. The first-order chi connectivity index (χ1) is 17.2. The van der Waals surface area contributed by atoms with Gasteiger partial charge >= 0.3 is 18.2 Å². The highest BCUT2D eigenvalue weighted by atomic mass is 19.4. The molecule has 0 N–H and O–H groups in total. The summed E-state index contributed by atoms with van der Waals surface area (Å²) in [6, 6.07) is 11.8. The van der Waals surface area contributed by atoms with Crippen LogP contribution in [0.25, 0.3) is 0 Å². The first kappa shape index (κ1) is 27.2. The Labute approximate surface area is 207 Å². The summed E-state index contributed by atoms with van der Waals surface area (Å²) < 4.78 is 48.8. The van der Waals surface area contributed by atoms with Gasteiger partial charge in [-0.2, -0.15) is 13.2 Å². The van der Waals surface area contributed by atoms with E-state index in [-0.39, 0.29) is 37.7 Å². The number of esters is 1. The van der Waals surface area contributed by atoms with Gasteiger partial charge in [-0.1, -0.05) is 30.3 Å². The summed E-state index contributed by atoms with van der Waals surface area (Å²) in [5.41, 5.74) is 0.990. The van der Waals surface area contributed by atoms with Crippen molar-refractivity contribution in [2.75, 3.05) is 32.8 Å². The van der Waals surface area contributed by atoms with E-state index in [1.807, 2.05) is 12.1 Å². The number of ether oxygens (including phenoxy) is 2. The Morgan fingerprint density at radius 3 is 2.50 bits per heavy atom. The molecule has 7 nitrogen and oxygen atoms in total. The summed E-state index contributed by atoms with van der Waals surface area (Å²) in [6.45, 7) is 3.32. The van der Waals surface area contributed by atoms with Crippen LogP contribution in [0.1, 0.15) is 46.8 Å². The number of rotatable bonds is 11. The molecule has 0 aromatic heterocycles. The molecule has 0 bridgehead atoms. The van der Waals surface area contributed by atoms with Gasteiger partial charge in [-0.05, 0) is 49.1 Å². The largest absolute Gasteiger partial charge is 0.462 e. The van der Waals surface area contributed by atoms with Crippen molar-refractivity contribution in [3.63, 3.8) is 0 Å². The van der Waals surface area contributed by atoms with E-state index in [4.69, 9.17) is 9.47 Å². The van der Waals surface area contributed by atoms with Crippen LogP contribution in [0.2, 0.25) is 0 Å². The summed E-state index contributed by atoms with van der Waals surface area (Å²) >= 11 is 0. The molecule has 1 saturated heterocycles. The van der Waals surface area contributed by atoms with Crippen molar-refractivity contribution in [3.8, 4) is 0 Å². The Hall–Kier alpha value is -3.40. The molecular formula is C26H29F3N2O5. The standard InChI is InChI=1S/C26H29F3N2O5/c1-2-35-24(33)21-10-8-19(9-11-21)6-4-13-31-25(34)36-16-15-30(31)14-12-23(32)18-20-5-3-7-22(17-20)26(27,28)29/h3,5,7-11,17H,2,4,6,12-16,18H2,1H3. The zero-order chi connectivity index (χ0) is 26.1. The topological polar surface area (TPSA) is 76.2 Å². The monoisotopic (exact) mass is 506 g/mol. The highest BCUT2D eigenvalue weighted by molar-refractivity contribution is 5.89. The fourth-order valence-corrected chi connectivity index (χ4v) is 3.90. The van der Waals surface area contributed by atoms with Crippen LogP contribution < -0.4 is 0 Å². The molecule has 1 fully saturated rings. The predicted molar refractivity (Wildman–Crippen MR) is 125 cm³/mol. The number of amides is 1. The van der Waals surface area contributed by atoms with Gasteiger partial charge in [0.15, 0.2) is 0 Å². The number of alkyl halides is 3. The van der Waals surface area contributed by atoms with E-state index in [0.29, 0.717) is 43.7 Å². The van der Waals surface area contributed by atoms with E-state index >= 15 is 0 Å². The van der Waals surface area contributed by atoms with E-state index in [0.717, 1.165) is 17.7 Å². The van der Waals surface area contributed by atoms with Gasteiger partial charge in [0.2, 0.25) is 0 Å². The summed E-state index contributed by atoms with van der Waals surface area (Å²) in [7, 11) is 0. The van der Waals surface area contributed by atoms with Crippen molar-refractivity contribution >= 4 is 17.8 Å². The first-order valence-electron chi connectivity index (χ1n) is 11.8. The lowest BCUT2D eigenvalue weighted by molar-refractivity contribution is -0.137. The maximum atomic E-state index is 12.9. The van der Waals surface area contributed by atoms with Gasteiger partial charge in [-0.15, -0.1) is 0 Å². The number of aryl methyl sites for hydroxylation is 1. The number of hydrogen-bond donors (Lipinski definition) is 0. The summed E-state index contributed by atoms with van der Waals surface area (Å²) in [5.74, 6) is -0.590. The molecule has 1 aliphatic heterocycles. The fourth-order valence-electron chi connectivity index (χ4n) is 3.90. The number of benzene rings is 2. The third kappa shape index (κ3) is 7.81. The van der Waals surface area contributed by atoms with E-state index in [2.05, 4.69) is 0 Å². The maximum Gasteiger partial charge on any atom is 0.424 e. The van der Waals surface area contributed by atoms with Crippen LogP contribution in [0.15, 0.2) is 48.5 Å². The molecule has 2 aromatic carbocycles. The smallest absolute Gasteiger partial charge is 0.424 e. The van der Waals surface area contributed by atoms with E-state index in [1.165, 1.54) is 17.1 Å².